The summed E-state index contributed by atoms with van der Waals surface area (Å²) in [7, 11) is 0. The molecule has 7 N–H and O–H groups in total. The molecule has 0 aliphatic heterocycles. The van der Waals surface area contributed by atoms with Gasteiger partial charge in [0.05, 0.1) is 6.17 Å². The second kappa shape index (κ2) is 6.30. The van der Waals surface area contributed by atoms with Gasteiger partial charge in [-0.2, -0.15) is 0 Å². The first kappa shape index (κ1) is 12.8. The molecule has 0 aromatic heterocycles. The van der Waals surface area contributed by atoms with E-state index >= 15 is 0 Å². The molecule has 0 amide bonds. The van der Waals surface area contributed by atoms with E-state index in [4.69, 9.17) is 22.3 Å². The van der Waals surface area contributed by atoms with Crippen LogP contribution in [0.25, 0.3) is 0 Å². The molecule has 0 unspecified atom stereocenters. The monoisotopic (exact) mass is 205 g/mol. The van der Waals surface area contributed by atoms with E-state index in [-0.39, 0.29) is 19.4 Å². The standard InChI is InChI=1S/C7H15N3O4/c8-4(1-2-6(11)12)7(13)14-3-5(9)10/h4-5H,1-3,8-10H2,(H,11,12)/t4-/m0/s1. The number of carboxylic acids is 1. The molecule has 7 nitrogen and oxygen atoms in total. The average molecular weight is 205 g/mol. The Bertz CT molecular complexity index is 207. The van der Waals surface area contributed by atoms with Crippen molar-refractivity contribution < 1.29 is 19.4 Å². The van der Waals surface area contributed by atoms with Gasteiger partial charge in [0.1, 0.15) is 12.6 Å². The molecular formula is C7H15N3O4. The van der Waals surface area contributed by atoms with E-state index < -0.39 is 24.1 Å². The second-order valence-electron chi connectivity index (χ2n) is 2.83. The smallest absolute Gasteiger partial charge is 0.323 e. The highest BCUT2D eigenvalue weighted by Crippen LogP contribution is 1.97. The fraction of sp³-hybridized carbons (Fsp3) is 0.714. The summed E-state index contributed by atoms with van der Waals surface area (Å²) in [4.78, 5) is 21.2. The summed E-state index contributed by atoms with van der Waals surface area (Å²) >= 11 is 0. The Kier molecular flexibility index (Phi) is 5.77. The van der Waals surface area contributed by atoms with Crippen molar-refractivity contribution in [1.29, 1.82) is 0 Å². The fourth-order valence-electron chi connectivity index (χ4n) is 0.682. The normalized spacial score (nSPS) is 12.6. The number of hydrogen-bond acceptors (Lipinski definition) is 6. The van der Waals surface area contributed by atoms with E-state index in [1.54, 1.807) is 0 Å². The molecule has 0 aromatic carbocycles. The van der Waals surface area contributed by atoms with Crippen molar-refractivity contribution in [1.82, 2.24) is 0 Å². The van der Waals surface area contributed by atoms with E-state index in [1.807, 2.05) is 0 Å². The molecule has 0 aromatic rings. The lowest BCUT2D eigenvalue weighted by atomic mass is 10.2. The number of carbonyl (C=O) groups is 2. The number of carbonyl (C=O) groups excluding carboxylic acids is 1. The minimum absolute atomic E-state index is 0.0357. The van der Waals surface area contributed by atoms with Gasteiger partial charge in [0.25, 0.3) is 0 Å². The van der Waals surface area contributed by atoms with Gasteiger partial charge < -0.3 is 27.0 Å². The van der Waals surface area contributed by atoms with Gasteiger partial charge >= 0.3 is 11.9 Å². The zero-order chi connectivity index (χ0) is 11.1. The molecule has 7 heteroatoms. The van der Waals surface area contributed by atoms with Gasteiger partial charge in [-0.05, 0) is 6.42 Å². The molecule has 0 bridgehead atoms. The zero-order valence-corrected chi connectivity index (χ0v) is 7.68. The van der Waals surface area contributed by atoms with Crippen LogP contribution in [0.4, 0.5) is 0 Å². The van der Waals surface area contributed by atoms with Crippen molar-refractivity contribution in [2.24, 2.45) is 17.2 Å². The third-order valence-electron chi connectivity index (χ3n) is 1.39. The first-order valence-corrected chi connectivity index (χ1v) is 4.08. The van der Waals surface area contributed by atoms with Crippen molar-refractivity contribution in [3.05, 3.63) is 0 Å². The summed E-state index contributed by atoms with van der Waals surface area (Å²) in [5.74, 6) is -1.70. The van der Waals surface area contributed by atoms with E-state index in [0.717, 1.165) is 0 Å². The van der Waals surface area contributed by atoms with E-state index in [0.29, 0.717) is 0 Å². The summed E-state index contributed by atoms with van der Waals surface area (Å²) in [6.07, 6.45) is -0.885. The van der Waals surface area contributed by atoms with E-state index in [9.17, 15) is 9.59 Å². The lowest BCUT2D eigenvalue weighted by Gasteiger charge is -2.11. The van der Waals surface area contributed by atoms with Crippen molar-refractivity contribution in [3.8, 4) is 0 Å². The minimum Gasteiger partial charge on any atom is -0.481 e. The maximum absolute atomic E-state index is 11.0. The van der Waals surface area contributed by atoms with Crippen molar-refractivity contribution in [3.63, 3.8) is 0 Å². The Morgan fingerprint density at radius 1 is 1.29 bits per heavy atom. The van der Waals surface area contributed by atoms with Crippen LogP contribution in [0.2, 0.25) is 0 Å². The number of esters is 1. The molecule has 14 heavy (non-hydrogen) atoms. The fourth-order valence-corrected chi connectivity index (χ4v) is 0.682. The summed E-state index contributed by atoms with van der Waals surface area (Å²) in [6.45, 7) is -0.125. The zero-order valence-electron chi connectivity index (χ0n) is 7.68. The van der Waals surface area contributed by atoms with Crippen LogP contribution in [-0.4, -0.2) is 35.9 Å². The highest BCUT2D eigenvalue weighted by atomic mass is 16.5. The Hall–Kier alpha value is -1.18. The first-order valence-electron chi connectivity index (χ1n) is 4.08. The molecule has 0 radical (unpaired) electrons. The quantitative estimate of drug-likeness (QED) is 0.289. The van der Waals surface area contributed by atoms with Crippen LogP contribution < -0.4 is 17.2 Å². The molecule has 0 saturated carbocycles. The maximum Gasteiger partial charge on any atom is 0.323 e. The van der Waals surface area contributed by atoms with Gasteiger partial charge in [-0.3, -0.25) is 9.59 Å². The molecule has 1 atom stereocenters. The Labute approximate surface area is 81.2 Å². The van der Waals surface area contributed by atoms with Crippen LogP contribution >= 0.6 is 0 Å². The Balaban J connectivity index is 3.70. The molecule has 0 saturated heterocycles. The second-order valence-corrected chi connectivity index (χ2v) is 2.83. The van der Waals surface area contributed by atoms with Crippen LogP contribution in [0, 0.1) is 0 Å². The van der Waals surface area contributed by atoms with Gasteiger partial charge in [-0.1, -0.05) is 0 Å². The SMILES string of the molecule is NC(N)COC(=O)[C@@H](N)CCC(=O)O. The van der Waals surface area contributed by atoms with Gasteiger partial charge in [-0.15, -0.1) is 0 Å². The third-order valence-corrected chi connectivity index (χ3v) is 1.39. The average Bonchev–Trinajstić information content (AvgIpc) is 2.09. The Morgan fingerprint density at radius 2 is 1.86 bits per heavy atom. The van der Waals surface area contributed by atoms with Gasteiger partial charge in [0, 0.05) is 6.42 Å². The molecule has 0 spiro atoms. The third kappa shape index (κ3) is 6.35. The Morgan fingerprint density at radius 3 is 2.29 bits per heavy atom. The minimum atomic E-state index is -1.01. The molecule has 0 rings (SSSR count). The van der Waals surface area contributed by atoms with Crippen LogP contribution in [0.3, 0.4) is 0 Å². The van der Waals surface area contributed by atoms with E-state index in [2.05, 4.69) is 4.74 Å². The molecule has 0 aliphatic carbocycles. The molecule has 0 aliphatic rings. The van der Waals surface area contributed by atoms with Gasteiger partial charge in [0.2, 0.25) is 0 Å². The predicted molar refractivity (Wildman–Crippen MR) is 48.0 cm³/mol. The molecule has 0 heterocycles. The predicted octanol–water partition coefficient (Wildman–Crippen LogP) is -2.03. The molecule has 82 valence electrons. The van der Waals surface area contributed by atoms with Crippen molar-refractivity contribution in [2.75, 3.05) is 6.61 Å². The maximum atomic E-state index is 11.0. The first-order chi connectivity index (χ1) is 6.43. The largest absolute Gasteiger partial charge is 0.481 e. The number of aliphatic carboxylic acids is 1. The van der Waals surface area contributed by atoms with Crippen LogP contribution in [0.1, 0.15) is 12.8 Å². The summed E-state index contributed by atoms with van der Waals surface area (Å²) in [6, 6.07) is -0.940. The summed E-state index contributed by atoms with van der Waals surface area (Å²) in [5.41, 5.74) is 15.6. The topological polar surface area (TPSA) is 142 Å². The van der Waals surface area contributed by atoms with Crippen LogP contribution in [0.15, 0.2) is 0 Å². The highest BCUT2D eigenvalue weighted by Gasteiger charge is 2.16. The number of rotatable bonds is 6. The summed E-state index contributed by atoms with van der Waals surface area (Å²) in [5, 5.41) is 8.31. The lowest BCUT2D eigenvalue weighted by Crippen LogP contribution is -2.40. The number of hydrogen-bond donors (Lipinski definition) is 4. The van der Waals surface area contributed by atoms with Gasteiger partial charge in [-0.25, -0.2) is 0 Å². The van der Waals surface area contributed by atoms with Gasteiger partial charge in [0.15, 0.2) is 0 Å². The number of nitrogens with two attached hydrogens (primary N) is 3. The van der Waals surface area contributed by atoms with Crippen molar-refractivity contribution in [2.45, 2.75) is 25.0 Å². The number of carboxylic acid groups (broad SMARTS) is 1. The number of ether oxygens (including phenoxy) is 1. The van der Waals surface area contributed by atoms with E-state index in [1.165, 1.54) is 0 Å². The van der Waals surface area contributed by atoms with Crippen LogP contribution in [0.5, 0.6) is 0 Å². The van der Waals surface area contributed by atoms with Crippen molar-refractivity contribution >= 4 is 11.9 Å². The highest BCUT2D eigenvalue weighted by molar-refractivity contribution is 5.76. The molecular weight excluding hydrogens is 190 g/mol. The van der Waals surface area contributed by atoms with Crippen LogP contribution in [-0.2, 0) is 14.3 Å². The summed E-state index contributed by atoms with van der Waals surface area (Å²) < 4.78 is 4.59. The lowest BCUT2D eigenvalue weighted by molar-refractivity contribution is -0.146. The molecule has 0 fully saturated rings.